The molecule has 0 saturated heterocycles. The van der Waals surface area contributed by atoms with E-state index in [0.29, 0.717) is 0 Å². The maximum Gasteiger partial charge on any atom is 0.328 e. The zero-order valence-electron chi connectivity index (χ0n) is 11.9. The van der Waals surface area contributed by atoms with Crippen molar-refractivity contribution in [2.24, 2.45) is 0 Å². The van der Waals surface area contributed by atoms with Crippen molar-refractivity contribution in [2.75, 3.05) is 0 Å². The van der Waals surface area contributed by atoms with Crippen molar-refractivity contribution in [2.45, 2.75) is 39.3 Å². The highest BCUT2D eigenvalue weighted by molar-refractivity contribution is 5.99. The summed E-state index contributed by atoms with van der Waals surface area (Å²) >= 11 is 0. The number of hydrogen-bond donors (Lipinski definition) is 3. The molecule has 1 aromatic carbocycles. The van der Waals surface area contributed by atoms with E-state index in [4.69, 9.17) is 4.74 Å². The molecule has 110 valence electrons. The molecule has 3 N–H and O–H groups in total. The molecule has 0 aliphatic carbocycles. The van der Waals surface area contributed by atoms with E-state index in [0.717, 1.165) is 0 Å². The number of rotatable bonds is 3. The largest absolute Gasteiger partial charge is 0.504 e. The fourth-order valence-corrected chi connectivity index (χ4v) is 1.44. The van der Waals surface area contributed by atoms with E-state index >= 15 is 0 Å². The van der Waals surface area contributed by atoms with E-state index < -0.39 is 35.0 Å². The second kappa shape index (κ2) is 5.81. The van der Waals surface area contributed by atoms with E-state index in [1.54, 1.807) is 20.8 Å². The summed E-state index contributed by atoms with van der Waals surface area (Å²) in [4.78, 5) is 23.6. The molecule has 1 amide bonds. The van der Waals surface area contributed by atoms with Crippen LogP contribution in [0.15, 0.2) is 18.2 Å². The number of amides is 1. The maximum atomic E-state index is 11.9. The van der Waals surface area contributed by atoms with Crippen molar-refractivity contribution in [1.29, 1.82) is 0 Å². The molecule has 0 unspecified atom stereocenters. The highest BCUT2D eigenvalue weighted by Crippen LogP contribution is 2.28. The SMILES string of the molecule is C[C@H](NC(=O)c1cccc(O)c1O)C(=O)OC(C)(C)C. The Labute approximate surface area is 117 Å². The second-order valence-electron chi connectivity index (χ2n) is 5.40. The van der Waals surface area contributed by atoms with E-state index in [-0.39, 0.29) is 5.56 Å². The van der Waals surface area contributed by atoms with E-state index in [1.165, 1.54) is 25.1 Å². The summed E-state index contributed by atoms with van der Waals surface area (Å²) in [6, 6.07) is 3.14. The third kappa shape index (κ3) is 4.15. The first-order valence-electron chi connectivity index (χ1n) is 6.16. The molecule has 6 heteroatoms. The van der Waals surface area contributed by atoms with Gasteiger partial charge in [0, 0.05) is 0 Å². The van der Waals surface area contributed by atoms with E-state index in [1.807, 2.05) is 0 Å². The number of ether oxygens (including phenoxy) is 1. The minimum absolute atomic E-state index is 0.111. The van der Waals surface area contributed by atoms with Gasteiger partial charge in [-0.2, -0.15) is 0 Å². The van der Waals surface area contributed by atoms with Crippen molar-refractivity contribution in [3.05, 3.63) is 23.8 Å². The van der Waals surface area contributed by atoms with E-state index in [9.17, 15) is 19.8 Å². The van der Waals surface area contributed by atoms with Gasteiger partial charge in [-0.3, -0.25) is 4.79 Å². The van der Waals surface area contributed by atoms with Crippen LogP contribution in [0.1, 0.15) is 38.1 Å². The van der Waals surface area contributed by atoms with Gasteiger partial charge < -0.3 is 20.3 Å². The average Bonchev–Trinajstić information content (AvgIpc) is 2.30. The van der Waals surface area contributed by atoms with Crippen molar-refractivity contribution in [1.82, 2.24) is 5.32 Å². The molecule has 0 heterocycles. The second-order valence-corrected chi connectivity index (χ2v) is 5.40. The lowest BCUT2D eigenvalue weighted by Gasteiger charge is -2.22. The lowest BCUT2D eigenvalue weighted by atomic mass is 10.1. The molecule has 1 atom stereocenters. The van der Waals surface area contributed by atoms with Crippen molar-refractivity contribution in [3.63, 3.8) is 0 Å². The number of nitrogens with one attached hydrogen (secondary N) is 1. The maximum absolute atomic E-state index is 11.9. The standard InChI is InChI=1S/C14H19NO5/c1-8(13(19)20-14(2,3)4)15-12(18)9-6-5-7-10(16)11(9)17/h5-8,16-17H,1-4H3,(H,15,18)/t8-/m0/s1. The van der Waals surface area contributed by atoms with Gasteiger partial charge in [0.15, 0.2) is 11.5 Å². The number of benzene rings is 1. The van der Waals surface area contributed by atoms with Gasteiger partial charge in [0.05, 0.1) is 5.56 Å². The predicted molar refractivity (Wildman–Crippen MR) is 72.5 cm³/mol. The lowest BCUT2D eigenvalue weighted by molar-refractivity contribution is -0.156. The van der Waals surface area contributed by atoms with Gasteiger partial charge in [0.1, 0.15) is 11.6 Å². The summed E-state index contributed by atoms with van der Waals surface area (Å²) in [7, 11) is 0. The predicted octanol–water partition coefficient (Wildman–Crippen LogP) is 1.56. The van der Waals surface area contributed by atoms with Crippen LogP contribution in [0.25, 0.3) is 0 Å². The average molecular weight is 281 g/mol. The van der Waals surface area contributed by atoms with Gasteiger partial charge in [-0.05, 0) is 39.8 Å². The topological polar surface area (TPSA) is 95.9 Å². The van der Waals surface area contributed by atoms with Crippen LogP contribution in [0, 0.1) is 0 Å². The van der Waals surface area contributed by atoms with Crippen LogP contribution >= 0.6 is 0 Å². The Bertz CT molecular complexity index is 519. The summed E-state index contributed by atoms with van der Waals surface area (Å²) < 4.78 is 5.12. The number of carbonyl (C=O) groups excluding carboxylic acids is 2. The molecule has 0 aromatic heterocycles. The lowest BCUT2D eigenvalue weighted by Crippen LogP contribution is -2.42. The number of hydrogen-bond acceptors (Lipinski definition) is 5. The summed E-state index contributed by atoms with van der Waals surface area (Å²) in [5, 5.41) is 21.3. The van der Waals surface area contributed by atoms with Crippen LogP contribution in [0.5, 0.6) is 11.5 Å². The Hall–Kier alpha value is -2.24. The zero-order valence-corrected chi connectivity index (χ0v) is 11.9. The molecule has 0 aliphatic heterocycles. The van der Waals surface area contributed by atoms with Gasteiger partial charge in [0.25, 0.3) is 5.91 Å². The zero-order chi connectivity index (χ0) is 15.5. The first-order valence-corrected chi connectivity index (χ1v) is 6.16. The van der Waals surface area contributed by atoms with Crippen LogP contribution in [-0.2, 0) is 9.53 Å². The van der Waals surface area contributed by atoms with Crippen LogP contribution in [0.3, 0.4) is 0 Å². The van der Waals surface area contributed by atoms with E-state index in [2.05, 4.69) is 5.32 Å². The molecule has 0 fully saturated rings. The van der Waals surface area contributed by atoms with Gasteiger partial charge in [-0.25, -0.2) is 4.79 Å². The fourth-order valence-electron chi connectivity index (χ4n) is 1.44. The molecule has 1 rings (SSSR count). The fraction of sp³-hybridized carbons (Fsp3) is 0.429. The van der Waals surface area contributed by atoms with Crippen molar-refractivity contribution >= 4 is 11.9 Å². The summed E-state index contributed by atoms with van der Waals surface area (Å²) in [6.07, 6.45) is 0. The molecule has 0 bridgehead atoms. The van der Waals surface area contributed by atoms with Crippen LogP contribution in [0.2, 0.25) is 0 Å². The monoisotopic (exact) mass is 281 g/mol. The highest BCUT2D eigenvalue weighted by atomic mass is 16.6. The van der Waals surface area contributed by atoms with Crippen molar-refractivity contribution in [3.8, 4) is 11.5 Å². The third-order valence-corrected chi connectivity index (χ3v) is 2.37. The smallest absolute Gasteiger partial charge is 0.328 e. The summed E-state index contributed by atoms with van der Waals surface area (Å²) in [6.45, 7) is 6.65. The number of esters is 1. The molecule has 0 saturated carbocycles. The molecular weight excluding hydrogens is 262 g/mol. The molecule has 0 aliphatic rings. The molecule has 0 spiro atoms. The minimum atomic E-state index is -0.872. The quantitative estimate of drug-likeness (QED) is 0.577. The van der Waals surface area contributed by atoms with Crippen LogP contribution in [-0.4, -0.2) is 33.7 Å². The first-order chi connectivity index (χ1) is 9.11. The minimum Gasteiger partial charge on any atom is -0.504 e. The molecule has 20 heavy (non-hydrogen) atoms. The number of phenolic OH excluding ortho intramolecular Hbond substituents is 2. The Kier molecular flexibility index (Phi) is 4.60. The molecular formula is C14H19NO5. The molecule has 1 aromatic rings. The van der Waals surface area contributed by atoms with Crippen LogP contribution < -0.4 is 5.32 Å². The number of para-hydroxylation sites is 1. The number of aromatic hydroxyl groups is 2. The Morgan fingerprint density at radius 2 is 1.85 bits per heavy atom. The number of phenols is 2. The summed E-state index contributed by atoms with van der Waals surface area (Å²) in [5.74, 6) is -2.17. The molecule has 0 radical (unpaired) electrons. The first kappa shape index (κ1) is 15.8. The molecule has 6 nitrogen and oxygen atoms in total. The van der Waals surface area contributed by atoms with Gasteiger partial charge in [-0.15, -0.1) is 0 Å². The van der Waals surface area contributed by atoms with Crippen LogP contribution in [0.4, 0.5) is 0 Å². The van der Waals surface area contributed by atoms with Gasteiger partial charge in [-0.1, -0.05) is 6.07 Å². The van der Waals surface area contributed by atoms with Crippen molar-refractivity contribution < 1.29 is 24.5 Å². The highest BCUT2D eigenvalue weighted by Gasteiger charge is 2.24. The summed E-state index contributed by atoms with van der Waals surface area (Å²) in [5.41, 5.74) is -0.760. The number of carbonyl (C=O) groups is 2. The van der Waals surface area contributed by atoms with Gasteiger partial charge >= 0.3 is 5.97 Å². The van der Waals surface area contributed by atoms with Gasteiger partial charge in [0.2, 0.25) is 0 Å². The Morgan fingerprint density at radius 1 is 1.25 bits per heavy atom. The Balaban J connectivity index is 2.76. The Morgan fingerprint density at radius 3 is 2.40 bits per heavy atom. The third-order valence-electron chi connectivity index (χ3n) is 2.37. The normalized spacial score (nSPS) is 12.6.